The van der Waals surface area contributed by atoms with Crippen LogP contribution in [-0.2, 0) is 0 Å². The second kappa shape index (κ2) is 5.17. The average Bonchev–Trinajstić information content (AvgIpc) is 2.21. The van der Waals surface area contributed by atoms with Crippen LogP contribution >= 0.6 is 34.4 Å². The fourth-order valence-corrected chi connectivity index (χ4v) is 1.42. The van der Waals surface area contributed by atoms with Crippen molar-refractivity contribution in [1.29, 1.82) is 0 Å². The highest BCUT2D eigenvalue weighted by molar-refractivity contribution is 14.1. The number of phenols is 1. The maximum Gasteiger partial charge on any atom is 0.258 e. The lowest BCUT2D eigenvalue weighted by Crippen LogP contribution is -2.36. The van der Waals surface area contributed by atoms with Crippen LogP contribution in [0, 0.1) is 3.57 Å². The van der Waals surface area contributed by atoms with Gasteiger partial charge < -0.3 is 10.8 Å². The van der Waals surface area contributed by atoms with E-state index in [0.29, 0.717) is 9.13 Å². The molecule has 0 heterocycles. The highest BCUT2D eigenvalue weighted by Gasteiger charge is 2.08. The summed E-state index contributed by atoms with van der Waals surface area (Å²) < 4.78 is 3.65. The lowest BCUT2D eigenvalue weighted by atomic mass is 10.2. The molecular weight excluding hydrogens is 332 g/mol. The van der Waals surface area contributed by atoms with Gasteiger partial charge in [0.15, 0.2) is 0 Å². The maximum absolute atomic E-state index is 11.5. The number of hydrogen-bond donors (Lipinski definition) is 3. The van der Waals surface area contributed by atoms with Gasteiger partial charge in [-0.05, 0) is 40.8 Å². The Bertz CT molecular complexity index is 422. The minimum atomic E-state index is -0.435. The molecule has 0 aromatic heterocycles. The third-order valence-electron chi connectivity index (χ3n) is 1.54. The molecule has 4 N–H and O–H groups in total. The van der Waals surface area contributed by atoms with Crippen molar-refractivity contribution in [2.45, 2.75) is 0 Å². The Morgan fingerprint density at radius 2 is 2.27 bits per heavy atom. The van der Waals surface area contributed by atoms with Crippen LogP contribution in [0.3, 0.4) is 0 Å². The zero-order valence-electron chi connectivity index (χ0n) is 7.37. The van der Waals surface area contributed by atoms with E-state index in [0.717, 1.165) is 0 Å². The normalized spacial score (nSPS) is 11.2. The first-order valence-corrected chi connectivity index (χ1v) is 5.20. The number of carbonyl (C=O) groups is 1. The van der Waals surface area contributed by atoms with Crippen molar-refractivity contribution in [3.8, 4) is 5.75 Å². The molecule has 0 saturated carbocycles. The quantitative estimate of drug-likeness (QED) is 0.408. The Morgan fingerprint density at radius 3 is 2.80 bits per heavy atom. The van der Waals surface area contributed by atoms with Crippen molar-refractivity contribution in [1.82, 2.24) is 5.32 Å². The molecule has 15 heavy (non-hydrogen) atoms. The van der Waals surface area contributed by atoms with Gasteiger partial charge in [0.1, 0.15) is 5.75 Å². The zero-order chi connectivity index (χ0) is 11.4. The number of benzene rings is 1. The molecule has 0 radical (unpaired) electrons. The minimum Gasteiger partial charge on any atom is -0.507 e. The summed E-state index contributed by atoms with van der Waals surface area (Å²) in [7, 11) is 0. The summed E-state index contributed by atoms with van der Waals surface area (Å²) >= 11 is 6.96. The largest absolute Gasteiger partial charge is 0.507 e. The van der Waals surface area contributed by atoms with Gasteiger partial charge in [-0.1, -0.05) is 0 Å². The van der Waals surface area contributed by atoms with Crippen LogP contribution in [0.5, 0.6) is 5.75 Å². The number of hydrogen-bond acceptors (Lipinski definition) is 3. The molecule has 7 heteroatoms. The van der Waals surface area contributed by atoms with Crippen LogP contribution < -0.4 is 11.1 Å². The summed E-state index contributed by atoms with van der Waals surface area (Å²) in [6, 6.07) is 4.41. The van der Waals surface area contributed by atoms with Crippen LogP contribution in [0.15, 0.2) is 22.7 Å². The number of halogens is 2. The maximum atomic E-state index is 11.5. The third kappa shape index (κ3) is 3.24. The van der Waals surface area contributed by atoms with Crippen molar-refractivity contribution in [2.75, 3.05) is 0 Å². The molecular formula is C8H7ClIN3O2. The molecule has 1 aromatic carbocycles. The number of nitrogens with one attached hydrogen (secondary N) is 1. The molecule has 1 aromatic rings. The number of guanidine groups is 1. The van der Waals surface area contributed by atoms with Gasteiger partial charge in [0, 0.05) is 17.3 Å². The number of aromatic hydroxyl groups is 1. The van der Waals surface area contributed by atoms with E-state index < -0.39 is 5.91 Å². The second-order valence-electron chi connectivity index (χ2n) is 2.59. The van der Waals surface area contributed by atoms with Crippen LogP contribution in [-0.4, -0.2) is 17.0 Å². The van der Waals surface area contributed by atoms with Crippen LogP contribution in [0.2, 0.25) is 0 Å². The molecule has 0 spiro atoms. The molecule has 0 saturated heterocycles. The number of nitrogens with zero attached hydrogens (tertiary/aromatic N) is 1. The fraction of sp³-hybridized carbons (Fsp3) is 0. The van der Waals surface area contributed by atoms with Crippen LogP contribution in [0.25, 0.3) is 0 Å². The summed E-state index contributed by atoms with van der Waals surface area (Å²) in [6.07, 6.45) is 0. The fourth-order valence-electron chi connectivity index (χ4n) is 0.858. The average molecular weight is 340 g/mol. The Balaban J connectivity index is 2.88. The van der Waals surface area contributed by atoms with Gasteiger partial charge >= 0.3 is 0 Å². The topological polar surface area (TPSA) is 87.7 Å². The highest BCUT2D eigenvalue weighted by Crippen LogP contribution is 2.19. The monoisotopic (exact) mass is 339 g/mol. The molecule has 5 nitrogen and oxygen atoms in total. The van der Waals surface area contributed by atoms with E-state index in [1.165, 1.54) is 18.2 Å². The van der Waals surface area contributed by atoms with E-state index in [-0.39, 0.29) is 11.7 Å². The summed E-state index contributed by atoms with van der Waals surface area (Å²) in [6.45, 7) is 0. The van der Waals surface area contributed by atoms with Crippen molar-refractivity contribution >= 4 is 46.2 Å². The first-order chi connectivity index (χ1) is 7.04. The van der Waals surface area contributed by atoms with Crippen molar-refractivity contribution in [3.05, 3.63) is 27.3 Å². The third-order valence-corrected chi connectivity index (χ3v) is 2.59. The SMILES string of the molecule is NC(=NCl)NC(=O)c1ccc(O)c(I)c1. The lowest BCUT2D eigenvalue weighted by Gasteiger charge is -2.04. The number of carbonyl (C=O) groups excluding carboxylic acids is 1. The van der Waals surface area contributed by atoms with Gasteiger partial charge in [-0.25, -0.2) is 0 Å². The summed E-state index contributed by atoms with van der Waals surface area (Å²) in [4.78, 5) is 11.5. The molecule has 0 fully saturated rings. The van der Waals surface area contributed by atoms with Gasteiger partial charge in [-0.2, -0.15) is 0 Å². The number of nitrogens with two attached hydrogens (primary N) is 1. The first kappa shape index (κ1) is 12.1. The molecule has 80 valence electrons. The number of amides is 1. The van der Waals surface area contributed by atoms with E-state index in [2.05, 4.69) is 9.83 Å². The van der Waals surface area contributed by atoms with Gasteiger partial charge in [-0.15, -0.1) is 4.51 Å². The van der Waals surface area contributed by atoms with Crippen LogP contribution in [0.1, 0.15) is 10.4 Å². The Morgan fingerprint density at radius 1 is 1.60 bits per heavy atom. The highest BCUT2D eigenvalue weighted by atomic mass is 127. The Hall–Kier alpha value is -1.02. The molecule has 0 bridgehead atoms. The van der Waals surface area contributed by atoms with E-state index in [1.807, 2.05) is 22.6 Å². The Labute approximate surface area is 105 Å². The Kier molecular flexibility index (Phi) is 4.15. The molecule has 0 aliphatic rings. The van der Waals surface area contributed by atoms with Crippen molar-refractivity contribution in [2.24, 2.45) is 10.2 Å². The molecule has 0 aliphatic carbocycles. The van der Waals surface area contributed by atoms with Gasteiger partial charge in [0.2, 0.25) is 5.96 Å². The van der Waals surface area contributed by atoms with Gasteiger partial charge in [-0.3, -0.25) is 10.1 Å². The van der Waals surface area contributed by atoms with Gasteiger partial charge in [0.25, 0.3) is 5.91 Å². The van der Waals surface area contributed by atoms with E-state index in [4.69, 9.17) is 17.5 Å². The standard InChI is InChI=1S/C8H7ClIN3O2/c9-13-8(11)12-7(15)4-1-2-6(14)5(10)3-4/h1-3,14H,(H3,11,12,13,15). The minimum absolute atomic E-state index is 0.117. The molecule has 1 rings (SSSR count). The lowest BCUT2D eigenvalue weighted by molar-refractivity contribution is 0.0976. The van der Waals surface area contributed by atoms with Crippen molar-refractivity contribution in [3.63, 3.8) is 0 Å². The van der Waals surface area contributed by atoms with Crippen molar-refractivity contribution < 1.29 is 9.90 Å². The number of phenolic OH excluding ortho intramolecular Hbond substituents is 1. The molecule has 0 aliphatic heterocycles. The second-order valence-corrected chi connectivity index (χ2v) is 3.92. The van der Waals surface area contributed by atoms with E-state index >= 15 is 0 Å². The molecule has 0 unspecified atom stereocenters. The predicted octanol–water partition coefficient (Wildman–Crippen LogP) is 1.20. The van der Waals surface area contributed by atoms with Crippen LogP contribution in [0.4, 0.5) is 0 Å². The smallest absolute Gasteiger partial charge is 0.258 e. The first-order valence-electron chi connectivity index (χ1n) is 3.79. The van der Waals surface area contributed by atoms with E-state index in [1.54, 1.807) is 0 Å². The summed E-state index contributed by atoms with van der Waals surface area (Å²) in [5, 5.41) is 11.5. The molecule has 1 amide bonds. The predicted molar refractivity (Wildman–Crippen MR) is 65.8 cm³/mol. The zero-order valence-corrected chi connectivity index (χ0v) is 10.3. The summed E-state index contributed by atoms with van der Waals surface area (Å²) in [5.74, 6) is -0.495. The number of rotatable bonds is 1. The van der Waals surface area contributed by atoms with Gasteiger partial charge in [0.05, 0.1) is 3.57 Å². The summed E-state index contributed by atoms with van der Waals surface area (Å²) in [5.41, 5.74) is 5.58. The molecule has 0 atom stereocenters. The van der Waals surface area contributed by atoms with E-state index in [9.17, 15) is 9.90 Å².